The standard InChI is InChI=1S/C19H28O3/c1-3-4-5-6-15-7-9-16(10-8-15)19(20)22-18-13-11-17(21-2)12-14-18/h11-16H,3-10H2,1-2H3. The third-order valence-electron chi connectivity index (χ3n) is 4.67. The van der Waals surface area contributed by atoms with Crippen LogP contribution < -0.4 is 9.47 Å². The minimum absolute atomic E-state index is 0.0721. The molecule has 1 aliphatic rings. The second kappa shape index (κ2) is 8.82. The monoisotopic (exact) mass is 304 g/mol. The fraction of sp³-hybridized carbons (Fsp3) is 0.632. The number of esters is 1. The molecule has 0 aliphatic heterocycles. The number of ether oxygens (including phenoxy) is 2. The van der Waals surface area contributed by atoms with Crippen molar-refractivity contribution < 1.29 is 14.3 Å². The summed E-state index contributed by atoms with van der Waals surface area (Å²) in [6.45, 7) is 2.24. The van der Waals surface area contributed by atoms with Crippen molar-refractivity contribution in [2.75, 3.05) is 7.11 Å². The second-order valence-corrected chi connectivity index (χ2v) is 6.31. The third-order valence-corrected chi connectivity index (χ3v) is 4.67. The Hall–Kier alpha value is -1.51. The normalized spacial score (nSPS) is 21.4. The lowest BCUT2D eigenvalue weighted by atomic mass is 9.80. The summed E-state index contributed by atoms with van der Waals surface area (Å²) in [4.78, 5) is 12.2. The molecule has 0 radical (unpaired) electrons. The quantitative estimate of drug-likeness (QED) is 0.404. The van der Waals surface area contributed by atoms with Crippen LogP contribution in [0.1, 0.15) is 58.3 Å². The number of unbranched alkanes of at least 4 members (excludes halogenated alkanes) is 2. The number of methoxy groups -OCH3 is 1. The molecule has 0 unspecified atom stereocenters. The summed E-state index contributed by atoms with van der Waals surface area (Å²) in [5.74, 6) is 2.20. The van der Waals surface area contributed by atoms with Gasteiger partial charge in [0.25, 0.3) is 0 Å². The predicted octanol–water partition coefficient (Wildman–Crippen LogP) is 4.99. The molecule has 1 saturated carbocycles. The van der Waals surface area contributed by atoms with Gasteiger partial charge in [0.15, 0.2) is 0 Å². The van der Waals surface area contributed by atoms with Gasteiger partial charge in [-0.3, -0.25) is 4.79 Å². The highest BCUT2D eigenvalue weighted by Gasteiger charge is 2.27. The summed E-state index contributed by atoms with van der Waals surface area (Å²) >= 11 is 0. The number of carbonyl (C=O) groups is 1. The van der Waals surface area contributed by atoms with Crippen LogP contribution in [-0.4, -0.2) is 13.1 Å². The first-order chi connectivity index (χ1) is 10.7. The van der Waals surface area contributed by atoms with E-state index in [-0.39, 0.29) is 11.9 Å². The van der Waals surface area contributed by atoms with E-state index in [4.69, 9.17) is 9.47 Å². The van der Waals surface area contributed by atoms with Crippen molar-refractivity contribution in [3.8, 4) is 11.5 Å². The van der Waals surface area contributed by atoms with Gasteiger partial charge in [0.05, 0.1) is 13.0 Å². The van der Waals surface area contributed by atoms with Gasteiger partial charge >= 0.3 is 5.97 Å². The van der Waals surface area contributed by atoms with Crippen molar-refractivity contribution in [3.63, 3.8) is 0 Å². The Morgan fingerprint density at radius 2 is 1.68 bits per heavy atom. The lowest BCUT2D eigenvalue weighted by molar-refractivity contribution is -0.140. The maximum absolute atomic E-state index is 12.2. The van der Waals surface area contributed by atoms with Crippen LogP contribution >= 0.6 is 0 Å². The maximum atomic E-state index is 12.2. The average Bonchev–Trinajstić information content (AvgIpc) is 2.56. The molecule has 0 N–H and O–H groups in total. The largest absolute Gasteiger partial charge is 0.497 e. The molecule has 3 heteroatoms. The van der Waals surface area contributed by atoms with Crippen molar-refractivity contribution in [2.24, 2.45) is 11.8 Å². The highest BCUT2D eigenvalue weighted by atomic mass is 16.5. The Kier molecular flexibility index (Phi) is 6.75. The molecule has 0 spiro atoms. The molecule has 0 saturated heterocycles. The summed E-state index contributed by atoms with van der Waals surface area (Å²) in [6, 6.07) is 7.20. The van der Waals surface area contributed by atoms with E-state index in [1.807, 2.05) is 12.1 Å². The van der Waals surface area contributed by atoms with Crippen LogP contribution in [0, 0.1) is 11.8 Å². The van der Waals surface area contributed by atoms with Crippen LogP contribution in [0.5, 0.6) is 11.5 Å². The highest BCUT2D eigenvalue weighted by Crippen LogP contribution is 2.33. The summed E-state index contributed by atoms with van der Waals surface area (Å²) in [6.07, 6.45) is 9.58. The Balaban J connectivity index is 1.74. The van der Waals surface area contributed by atoms with Gasteiger partial charge in [0.2, 0.25) is 0 Å². The van der Waals surface area contributed by atoms with E-state index in [1.165, 1.54) is 38.5 Å². The van der Waals surface area contributed by atoms with E-state index < -0.39 is 0 Å². The first-order valence-electron chi connectivity index (χ1n) is 8.58. The minimum atomic E-state index is -0.0721. The van der Waals surface area contributed by atoms with Crippen molar-refractivity contribution in [2.45, 2.75) is 58.3 Å². The van der Waals surface area contributed by atoms with Gasteiger partial charge in [-0.15, -0.1) is 0 Å². The van der Waals surface area contributed by atoms with Crippen LogP contribution in [0.2, 0.25) is 0 Å². The molecule has 0 amide bonds. The summed E-state index contributed by atoms with van der Waals surface area (Å²) in [5, 5.41) is 0. The second-order valence-electron chi connectivity index (χ2n) is 6.31. The molecule has 122 valence electrons. The Bertz CT molecular complexity index is 444. The topological polar surface area (TPSA) is 35.5 Å². The molecule has 1 aromatic rings. The van der Waals surface area contributed by atoms with Gasteiger partial charge in [0.1, 0.15) is 11.5 Å². The molecule has 1 fully saturated rings. The van der Waals surface area contributed by atoms with Gasteiger partial charge in [-0.05, 0) is 55.9 Å². The van der Waals surface area contributed by atoms with Crippen LogP contribution in [0.25, 0.3) is 0 Å². The van der Waals surface area contributed by atoms with Gasteiger partial charge in [-0.2, -0.15) is 0 Å². The van der Waals surface area contributed by atoms with E-state index in [2.05, 4.69) is 6.92 Å². The molecule has 1 aliphatic carbocycles. The summed E-state index contributed by atoms with van der Waals surface area (Å²) in [7, 11) is 1.62. The molecule has 0 bridgehead atoms. The molecule has 2 rings (SSSR count). The smallest absolute Gasteiger partial charge is 0.314 e. The average molecular weight is 304 g/mol. The van der Waals surface area contributed by atoms with Gasteiger partial charge < -0.3 is 9.47 Å². The fourth-order valence-electron chi connectivity index (χ4n) is 3.21. The van der Waals surface area contributed by atoms with Gasteiger partial charge in [0, 0.05) is 0 Å². The molecule has 0 aromatic heterocycles. The van der Waals surface area contributed by atoms with Crippen LogP contribution in [0.15, 0.2) is 24.3 Å². The van der Waals surface area contributed by atoms with Crippen molar-refractivity contribution in [1.29, 1.82) is 0 Å². The number of carbonyl (C=O) groups excluding carboxylic acids is 1. The van der Waals surface area contributed by atoms with E-state index >= 15 is 0 Å². The highest BCUT2D eigenvalue weighted by molar-refractivity contribution is 5.75. The maximum Gasteiger partial charge on any atom is 0.314 e. The van der Waals surface area contributed by atoms with E-state index in [0.29, 0.717) is 5.75 Å². The van der Waals surface area contributed by atoms with E-state index in [9.17, 15) is 4.79 Å². The van der Waals surface area contributed by atoms with Crippen LogP contribution in [0.4, 0.5) is 0 Å². The molecule has 0 heterocycles. The number of hydrogen-bond donors (Lipinski definition) is 0. The summed E-state index contributed by atoms with van der Waals surface area (Å²) in [5.41, 5.74) is 0. The van der Waals surface area contributed by atoms with E-state index in [0.717, 1.165) is 24.5 Å². The SMILES string of the molecule is CCCCCC1CCC(C(=O)Oc2ccc(OC)cc2)CC1. The number of benzene rings is 1. The van der Waals surface area contributed by atoms with Crippen molar-refractivity contribution >= 4 is 5.97 Å². The lowest BCUT2D eigenvalue weighted by Crippen LogP contribution is -2.25. The molecule has 22 heavy (non-hydrogen) atoms. The molecule has 1 aromatic carbocycles. The fourth-order valence-corrected chi connectivity index (χ4v) is 3.21. The Morgan fingerprint density at radius 1 is 1.05 bits per heavy atom. The zero-order chi connectivity index (χ0) is 15.8. The van der Waals surface area contributed by atoms with Crippen molar-refractivity contribution in [1.82, 2.24) is 0 Å². The minimum Gasteiger partial charge on any atom is -0.497 e. The number of rotatable bonds is 7. The van der Waals surface area contributed by atoms with Crippen LogP contribution in [-0.2, 0) is 4.79 Å². The third kappa shape index (κ3) is 5.04. The van der Waals surface area contributed by atoms with Crippen molar-refractivity contribution in [3.05, 3.63) is 24.3 Å². The molecule has 3 nitrogen and oxygen atoms in total. The first-order valence-corrected chi connectivity index (χ1v) is 8.58. The van der Waals surface area contributed by atoms with E-state index in [1.54, 1.807) is 19.2 Å². The molecular weight excluding hydrogens is 276 g/mol. The lowest BCUT2D eigenvalue weighted by Gasteiger charge is -2.27. The Morgan fingerprint density at radius 3 is 2.27 bits per heavy atom. The van der Waals surface area contributed by atoms with Crippen LogP contribution in [0.3, 0.4) is 0 Å². The predicted molar refractivity (Wildman–Crippen MR) is 88.2 cm³/mol. The summed E-state index contributed by atoms with van der Waals surface area (Å²) < 4.78 is 10.6. The molecular formula is C19H28O3. The zero-order valence-electron chi connectivity index (χ0n) is 13.8. The zero-order valence-corrected chi connectivity index (χ0v) is 13.8. The van der Waals surface area contributed by atoms with Gasteiger partial charge in [-0.25, -0.2) is 0 Å². The first kappa shape index (κ1) is 16.9. The van der Waals surface area contributed by atoms with Gasteiger partial charge in [-0.1, -0.05) is 32.6 Å². The Labute approximate surface area is 134 Å². The number of hydrogen-bond acceptors (Lipinski definition) is 3. The molecule has 0 atom stereocenters.